The lowest BCUT2D eigenvalue weighted by molar-refractivity contribution is -0.120. The Morgan fingerprint density at radius 1 is 1.07 bits per heavy atom. The summed E-state index contributed by atoms with van der Waals surface area (Å²) in [7, 11) is 0. The maximum Gasteiger partial charge on any atom is 0.277 e. The van der Waals surface area contributed by atoms with Crippen LogP contribution in [-0.2, 0) is 11.2 Å². The first-order valence-corrected chi connectivity index (χ1v) is 9.94. The minimum absolute atomic E-state index is 0. The number of rotatable bonds is 6. The minimum atomic E-state index is -0.294. The molecule has 1 aromatic carbocycles. The van der Waals surface area contributed by atoms with Gasteiger partial charge in [-0.2, -0.15) is 0 Å². The van der Waals surface area contributed by atoms with E-state index < -0.39 is 0 Å². The van der Waals surface area contributed by atoms with Crippen LogP contribution in [0.3, 0.4) is 0 Å². The highest BCUT2D eigenvalue weighted by molar-refractivity contribution is 6.02. The smallest absolute Gasteiger partial charge is 0.277 e. The molecule has 8 nitrogen and oxygen atoms in total. The van der Waals surface area contributed by atoms with Crippen molar-refractivity contribution >= 4 is 29.9 Å². The minimum Gasteiger partial charge on any atom is -0.353 e. The Balaban J connectivity index is 0.00000240. The number of hydrogen-bond acceptors (Lipinski definition) is 5. The molecule has 2 aliphatic carbocycles. The Morgan fingerprint density at radius 3 is 2.41 bits per heavy atom. The number of nitrogens with one attached hydrogen (secondary N) is 2. The van der Waals surface area contributed by atoms with Gasteiger partial charge in [-0.3, -0.25) is 9.59 Å². The number of halogens is 1. The Bertz CT molecular complexity index is 841. The second kappa shape index (κ2) is 9.37. The lowest BCUT2D eigenvalue weighted by Gasteiger charge is -2.25. The average molecular weight is 419 g/mol. The molecule has 0 bridgehead atoms. The van der Waals surface area contributed by atoms with E-state index in [-0.39, 0.29) is 36.3 Å². The molecule has 1 aromatic heterocycles. The van der Waals surface area contributed by atoms with Gasteiger partial charge in [-0.25, -0.2) is 4.68 Å². The number of carbonyl (C=O) groups is 2. The number of aromatic nitrogens is 3. The number of hydrogen-bond donors (Lipinski definition) is 3. The van der Waals surface area contributed by atoms with Crippen LogP contribution in [0.5, 0.6) is 0 Å². The van der Waals surface area contributed by atoms with E-state index in [9.17, 15) is 9.59 Å². The highest BCUT2D eigenvalue weighted by atomic mass is 35.5. The zero-order valence-corrected chi connectivity index (χ0v) is 17.0. The summed E-state index contributed by atoms with van der Waals surface area (Å²) in [6.07, 6.45) is 8.07. The number of nitrogens with zero attached hydrogens (tertiary/aromatic N) is 3. The topological polar surface area (TPSA) is 115 Å². The molecule has 0 radical (unpaired) electrons. The number of amides is 2. The van der Waals surface area contributed by atoms with Crippen LogP contribution in [0.1, 0.15) is 60.6 Å². The molecule has 2 aromatic rings. The molecule has 9 heteroatoms. The predicted octanol–water partition coefficient (Wildman–Crippen LogP) is 2.22. The predicted molar refractivity (Wildman–Crippen MR) is 112 cm³/mol. The van der Waals surface area contributed by atoms with E-state index in [0.29, 0.717) is 23.8 Å². The Kier molecular flexibility index (Phi) is 6.87. The lowest BCUT2D eigenvalue weighted by Crippen LogP contribution is -2.28. The van der Waals surface area contributed by atoms with Crippen molar-refractivity contribution in [2.45, 2.75) is 63.1 Å². The summed E-state index contributed by atoms with van der Waals surface area (Å²) in [5.74, 6) is -0.252. The zero-order chi connectivity index (χ0) is 19.5. The first-order valence-electron chi connectivity index (χ1n) is 9.94. The molecular formula is C20H27ClN6O2. The quantitative estimate of drug-likeness (QED) is 0.665. The second-order valence-corrected chi connectivity index (χ2v) is 7.82. The number of anilines is 1. The van der Waals surface area contributed by atoms with Crippen molar-refractivity contribution in [1.82, 2.24) is 20.3 Å². The third-order valence-corrected chi connectivity index (χ3v) is 5.38. The van der Waals surface area contributed by atoms with Gasteiger partial charge in [0.25, 0.3) is 5.91 Å². The molecule has 0 aliphatic heterocycles. The van der Waals surface area contributed by atoms with Gasteiger partial charge in [0.2, 0.25) is 5.91 Å². The van der Waals surface area contributed by atoms with Crippen LogP contribution in [0.4, 0.5) is 5.69 Å². The van der Waals surface area contributed by atoms with E-state index in [0.717, 1.165) is 44.1 Å². The third-order valence-electron chi connectivity index (χ3n) is 5.38. The van der Waals surface area contributed by atoms with E-state index in [1.165, 1.54) is 0 Å². The van der Waals surface area contributed by atoms with Gasteiger partial charge in [-0.15, -0.1) is 17.5 Å². The summed E-state index contributed by atoms with van der Waals surface area (Å²) in [5.41, 5.74) is 7.81. The van der Waals surface area contributed by atoms with Crippen molar-refractivity contribution in [3.05, 3.63) is 41.7 Å². The summed E-state index contributed by atoms with van der Waals surface area (Å²) in [6, 6.07) is 8.19. The molecule has 2 saturated carbocycles. The number of nitrogens with two attached hydrogens (primary N) is 1. The van der Waals surface area contributed by atoms with Crippen LogP contribution in [0.25, 0.3) is 0 Å². The van der Waals surface area contributed by atoms with E-state index in [4.69, 9.17) is 5.73 Å². The average Bonchev–Trinajstić information content (AvgIpc) is 3.35. The van der Waals surface area contributed by atoms with Crippen LogP contribution < -0.4 is 16.4 Å². The van der Waals surface area contributed by atoms with Crippen molar-refractivity contribution in [3.63, 3.8) is 0 Å². The van der Waals surface area contributed by atoms with Crippen molar-refractivity contribution < 1.29 is 9.59 Å². The fraction of sp³-hybridized carbons (Fsp3) is 0.500. The van der Waals surface area contributed by atoms with Crippen LogP contribution in [-0.4, -0.2) is 38.9 Å². The van der Waals surface area contributed by atoms with Gasteiger partial charge in [-0.1, -0.05) is 17.3 Å². The van der Waals surface area contributed by atoms with Gasteiger partial charge in [0, 0.05) is 17.8 Å². The Labute approximate surface area is 176 Å². The molecule has 4 rings (SSSR count). The first-order chi connectivity index (χ1) is 13.6. The summed E-state index contributed by atoms with van der Waals surface area (Å²) in [6.45, 7) is 0. The molecular weight excluding hydrogens is 392 g/mol. The highest BCUT2D eigenvalue weighted by Crippen LogP contribution is 2.27. The lowest BCUT2D eigenvalue weighted by atomic mass is 9.92. The summed E-state index contributed by atoms with van der Waals surface area (Å²) < 4.78 is 1.78. The van der Waals surface area contributed by atoms with E-state index >= 15 is 0 Å². The van der Waals surface area contributed by atoms with Crippen molar-refractivity contribution in [2.75, 3.05) is 5.32 Å². The van der Waals surface area contributed by atoms with Crippen molar-refractivity contribution in [1.29, 1.82) is 0 Å². The van der Waals surface area contributed by atoms with Gasteiger partial charge < -0.3 is 16.4 Å². The summed E-state index contributed by atoms with van der Waals surface area (Å²) in [5, 5.41) is 13.9. The van der Waals surface area contributed by atoms with Crippen LogP contribution >= 0.6 is 12.4 Å². The molecule has 0 saturated heterocycles. The second-order valence-electron chi connectivity index (χ2n) is 7.82. The molecule has 0 atom stereocenters. The van der Waals surface area contributed by atoms with Crippen LogP contribution in [0.2, 0.25) is 0 Å². The molecule has 2 amide bonds. The highest BCUT2D eigenvalue weighted by Gasteiger charge is 2.23. The number of benzene rings is 1. The van der Waals surface area contributed by atoms with Crippen molar-refractivity contribution in [2.24, 2.45) is 5.73 Å². The molecule has 156 valence electrons. The Hall–Kier alpha value is -2.45. The fourth-order valence-electron chi connectivity index (χ4n) is 3.52. The Morgan fingerprint density at radius 2 is 1.76 bits per heavy atom. The maximum atomic E-state index is 12.4. The monoisotopic (exact) mass is 418 g/mol. The summed E-state index contributed by atoms with van der Waals surface area (Å²) in [4.78, 5) is 24.3. The van der Waals surface area contributed by atoms with Gasteiger partial charge in [0.05, 0.1) is 18.7 Å². The SMILES string of the molecule is Cl.NC1CCC(n2cc(C(=O)Nc3ccc(CC(=O)NC4CC4)cc3)nn2)CC1. The van der Waals surface area contributed by atoms with Gasteiger partial charge in [0.15, 0.2) is 5.69 Å². The van der Waals surface area contributed by atoms with Crippen molar-refractivity contribution in [3.8, 4) is 0 Å². The normalized spacial score (nSPS) is 21.1. The van der Waals surface area contributed by atoms with Gasteiger partial charge in [0.1, 0.15) is 0 Å². The standard InChI is InChI=1S/C20H26N6O2.ClH/c21-14-3-9-17(10-4-14)26-12-18(24-25-26)20(28)23-16-5-1-13(2-6-16)11-19(27)22-15-7-8-15;/h1-2,5-6,12,14-15,17H,3-4,7-11,21H2,(H,22,27)(H,23,28);1H. The third kappa shape index (κ3) is 5.77. The fourth-order valence-corrected chi connectivity index (χ4v) is 3.52. The van der Waals surface area contributed by atoms with E-state index in [1.807, 2.05) is 12.1 Å². The first kappa shape index (κ1) is 21.3. The van der Waals surface area contributed by atoms with Gasteiger partial charge >= 0.3 is 0 Å². The number of carbonyl (C=O) groups excluding carboxylic acids is 2. The van der Waals surface area contributed by atoms with Crippen LogP contribution in [0, 0.1) is 0 Å². The van der Waals surface area contributed by atoms with E-state index in [2.05, 4.69) is 20.9 Å². The summed E-state index contributed by atoms with van der Waals surface area (Å²) >= 11 is 0. The molecule has 1 heterocycles. The largest absolute Gasteiger partial charge is 0.353 e. The molecule has 29 heavy (non-hydrogen) atoms. The molecule has 2 fully saturated rings. The molecule has 0 spiro atoms. The molecule has 2 aliphatic rings. The maximum absolute atomic E-state index is 12.4. The molecule has 4 N–H and O–H groups in total. The zero-order valence-electron chi connectivity index (χ0n) is 16.2. The van der Waals surface area contributed by atoms with Crippen LogP contribution in [0.15, 0.2) is 30.5 Å². The van der Waals surface area contributed by atoms with E-state index in [1.54, 1.807) is 23.0 Å². The van der Waals surface area contributed by atoms with Gasteiger partial charge in [-0.05, 0) is 56.2 Å². The molecule has 0 unspecified atom stereocenters.